The Morgan fingerprint density at radius 3 is 2.41 bits per heavy atom. The molecule has 3 heterocycles. The molecule has 1 saturated heterocycles. The van der Waals surface area contributed by atoms with E-state index in [4.69, 9.17) is 0 Å². The summed E-state index contributed by atoms with van der Waals surface area (Å²) in [7, 11) is 0. The molecule has 2 aromatic rings. The van der Waals surface area contributed by atoms with Crippen LogP contribution in [0.15, 0.2) is 33.9 Å². The van der Waals surface area contributed by atoms with Crippen molar-refractivity contribution in [3.63, 3.8) is 0 Å². The average Bonchev–Trinajstić information content (AvgIpc) is 2.65. The van der Waals surface area contributed by atoms with Crippen LogP contribution in [0.4, 0.5) is 0 Å². The van der Waals surface area contributed by atoms with Gasteiger partial charge >= 0.3 is 0 Å². The molecule has 0 bridgehead atoms. The summed E-state index contributed by atoms with van der Waals surface area (Å²) < 4.78 is 2.84. The molecule has 144 valence electrons. The van der Waals surface area contributed by atoms with Gasteiger partial charge in [-0.1, -0.05) is 0 Å². The summed E-state index contributed by atoms with van der Waals surface area (Å²) in [6.07, 6.45) is 1.61. The van der Waals surface area contributed by atoms with E-state index in [1.165, 1.54) is 27.6 Å². The lowest BCUT2D eigenvalue weighted by atomic mass is 9.96. The maximum absolute atomic E-state index is 12.7. The average molecular weight is 371 g/mol. The molecule has 0 aromatic carbocycles. The summed E-state index contributed by atoms with van der Waals surface area (Å²) in [6, 6.07) is 6.03. The van der Waals surface area contributed by atoms with Gasteiger partial charge in [-0.15, -0.1) is 0 Å². The van der Waals surface area contributed by atoms with E-state index in [2.05, 4.69) is 10.2 Å². The van der Waals surface area contributed by atoms with Gasteiger partial charge in [0.1, 0.15) is 5.69 Å². The third-order valence-corrected chi connectivity index (χ3v) is 4.87. The Morgan fingerprint density at radius 1 is 1.07 bits per heavy atom. The largest absolute Gasteiger partial charge is 0.337 e. The number of nitrogens with zero attached hydrogens (tertiary/aromatic N) is 5. The van der Waals surface area contributed by atoms with Gasteiger partial charge in [-0.05, 0) is 51.7 Å². The first kappa shape index (κ1) is 19.0. The summed E-state index contributed by atoms with van der Waals surface area (Å²) in [6.45, 7) is 7.35. The number of rotatable bonds is 4. The van der Waals surface area contributed by atoms with Gasteiger partial charge in [0.15, 0.2) is 0 Å². The molecule has 0 spiro atoms. The van der Waals surface area contributed by atoms with E-state index in [0.29, 0.717) is 31.2 Å². The molecule has 0 N–H and O–H groups in total. The molecule has 0 aliphatic carbocycles. The van der Waals surface area contributed by atoms with Crippen molar-refractivity contribution in [2.45, 2.75) is 46.2 Å². The zero-order chi connectivity index (χ0) is 19.6. The summed E-state index contributed by atoms with van der Waals surface area (Å²) in [4.78, 5) is 38.2. The van der Waals surface area contributed by atoms with Crippen molar-refractivity contribution in [3.8, 4) is 0 Å². The molecule has 1 amide bonds. The Hall–Kier alpha value is -2.77. The number of carbonyl (C=O) groups excluding carboxylic acids is 1. The highest BCUT2D eigenvalue weighted by Gasteiger charge is 2.25. The number of amides is 1. The fourth-order valence-electron chi connectivity index (χ4n) is 3.32. The van der Waals surface area contributed by atoms with Crippen LogP contribution in [-0.2, 0) is 6.54 Å². The van der Waals surface area contributed by atoms with Gasteiger partial charge in [0.2, 0.25) is 0 Å². The Morgan fingerprint density at radius 2 is 1.74 bits per heavy atom. The second-order valence-electron chi connectivity index (χ2n) is 7.33. The predicted molar refractivity (Wildman–Crippen MR) is 101 cm³/mol. The van der Waals surface area contributed by atoms with Crippen molar-refractivity contribution < 1.29 is 4.79 Å². The second-order valence-corrected chi connectivity index (χ2v) is 7.33. The highest BCUT2D eigenvalue weighted by molar-refractivity contribution is 5.92. The Balaban J connectivity index is 1.64. The maximum Gasteiger partial charge on any atom is 0.274 e. The van der Waals surface area contributed by atoms with E-state index in [9.17, 15) is 14.4 Å². The topological polar surface area (TPSA) is 90.1 Å². The molecule has 0 radical (unpaired) electrons. The highest BCUT2D eigenvalue weighted by Crippen LogP contribution is 2.19. The van der Waals surface area contributed by atoms with Crippen LogP contribution in [0.5, 0.6) is 0 Å². The highest BCUT2D eigenvalue weighted by atomic mass is 16.2. The van der Waals surface area contributed by atoms with Crippen LogP contribution in [0, 0.1) is 12.8 Å². The first-order valence-electron chi connectivity index (χ1n) is 9.29. The van der Waals surface area contributed by atoms with Gasteiger partial charge in [-0.2, -0.15) is 10.2 Å². The number of aryl methyl sites for hydroxylation is 1. The van der Waals surface area contributed by atoms with Crippen LogP contribution < -0.4 is 11.1 Å². The molecule has 8 heteroatoms. The standard InChI is InChI=1S/C19H25N5O3/c1-13(2)24-18(26)7-5-16(21-24)19(27)22-10-8-15(9-11-22)12-23-17(25)6-4-14(3)20-23/h4-7,13,15H,8-12H2,1-3H3. The summed E-state index contributed by atoms with van der Waals surface area (Å²) >= 11 is 0. The molecular formula is C19H25N5O3. The zero-order valence-electron chi connectivity index (χ0n) is 16.0. The van der Waals surface area contributed by atoms with E-state index < -0.39 is 0 Å². The van der Waals surface area contributed by atoms with Crippen molar-refractivity contribution in [1.29, 1.82) is 0 Å². The Bertz CT molecular complexity index is 939. The van der Waals surface area contributed by atoms with Crippen LogP contribution >= 0.6 is 0 Å². The number of aromatic nitrogens is 4. The zero-order valence-corrected chi connectivity index (χ0v) is 16.0. The van der Waals surface area contributed by atoms with Crippen molar-refractivity contribution >= 4 is 5.91 Å². The summed E-state index contributed by atoms with van der Waals surface area (Å²) in [5.41, 5.74) is 0.794. The molecule has 0 saturated carbocycles. The van der Waals surface area contributed by atoms with Gasteiger partial charge in [0.25, 0.3) is 17.0 Å². The van der Waals surface area contributed by atoms with E-state index in [0.717, 1.165) is 18.5 Å². The second kappa shape index (κ2) is 7.85. The normalized spacial score (nSPS) is 15.3. The van der Waals surface area contributed by atoms with Gasteiger partial charge in [-0.3, -0.25) is 14.4 Å². The number of hydrogen-bond donors (Lipinski definition) is 0. The van der Waals surface area contributed by atoms with Crippen LogP contribution in [0.1, 0.15) is 48.9 Å². The van der Waals surface area contributed by atoms with E-state index >= 15 is 0 Å². The van der Waals surface area contributed by atoms with Crippen molar-refractivity contribution in [2.75, 3.05) is 13.1 Å². The van der Waals surface area contributed by atoms with Crippen molar-refractivity contribution in [3.05, 3.63) is 56.4 Å². The minimum absolute atomic E-state index is 0.0979. The molecule has 0 unspecified atom stereocenters. The van der Waals surface area contributed by atoms with Gasteiger partial charge < -0.3 is 4.90 Å². The Kier molecular flexibility index (Phi) is 5.53. The van der Waals surface area contributed by atoms with Crippen molar-refractivity contribution in [2.24, 2.45) is 5.92 Å². The molecule has 2 aromatic heterocycles. The van der Waals surface area contributed by atoms with Crippen LogP contribution in [0.2, 0.25) is 0 Å². The quantitative estimate of drug-likeness (QED) is 0.807. The summed E-state index contributed by atoms with van der Waals surface area (Å²) in [5.74, 6) is 0.146. The molecule has 27 heavy (non-hydrogen) atoms. The van der Waals surface area contributed by atoms with E-state index in [-0.39, 0.29) is 23.1 Å². The lowest BCUT2D eigenvalue weighted by molar-refractivity contribution is 0.0671. The fraction of sp³-hybridized carbons (Fsp3) is 0.526. The van der Waals surface area contributed by atoms with Crippen LogP contribution in [0.25, 0.3) is 0 Å². The molecule has 1 aliphatic rings. The van der Waals surface area contributed by atoms with E-state index in [1.807, 2.05) is 20.8 Å². The minimum Gasteiger partial charge on any atom is -0.337 e. The van der Waals surface area contributed by atoms with Gasteiger partial charge in [0.05, 0.1) is 11.7 Å². The lowest BCUT2D eigenvalue weighted by Crippen LogP contribution is -2.41. The molecular weight excluding hydrogens is 346 g/mol. The van der Waals surface area contributed by atoms with Crippen LogP contribution in [-0.4, -0.2) is 43.5 Å². The molecule has 3 rings (SSSR count). The third kappa shape index (κ3) is 4.32. The number of piperidine rings is 1. The fourth-order valence-corrected chi connectivity index (χ4v) is 3.32. The smallest absolute Gasteiger partial charge is 0.274 e. The van der Waals surface area contributed by atoms with Gasteiger partial charge in [-0.25, -0.2) is 9.36 Å². The Labute approximate surface area is 157 Å². The maximum atomic E-state index is 12.7. The number of likely N-dealkylation sites (tertiary alicyclic amines) is 1. The monoisotopic (exact) mass is 371 g/mol. The molecule has 1 fully saturated rings. The van der Waals surface area contributed by atoms with E-state index in [1.54, 1.807) is 11.0 Å². The summed E-state index contributed by atoms with van der Waals surface area (Å²) in [5, 5.41) is 8.50. The number of hydrogen-bond acceptors (Lipinski definition) is 5. The molecule has 0 atom stereocenters. The first-order valence-corrected chi connectivity index (χ1v) is 9.29. The third-order valence-electron chi connectivity index (χ3n) is 4.87. The lowest BCUT2D eigenvalue weighted by Gasteiger charge is -2.31. The van der Waals surface area contributed by atoms with Crippen LogP contribution in [0.3, 0.4) is 0 Å². The van der Waals surface area contributed by atoms with Crippen molar-refractivity contribution in [1.82, 2.24) is 24.5 Å². The SMILES string of the molecule is Cc1ccc(=O)n(CC2CCN(C(=O)c3ccc(=O)n(C(C)C)n3)CC2)n1. The minimum atomic E-state index is -0.212. The number of carbonyl (C=O) groups is 1. The van der Waals surface area contributed by atoms with Gasteiger partial charge in [0, 0.05) is 31.8 Å². The molecule has 1 aliphatic heterocycles. The predicted octanol–water partition coefficient (Wildman–Crippen LogP) is 1.24. The molecule has 8 nitrogen and oxygen atoms in total. The first-order chi connectivity index (χ1) is 12.8.